The number of hydrogen-bond acceptors (Lipinski definition) is 4. The van der Waals surface area contributed by atoms with Gasteiger partial charge in [0.05, 0.1) is 23.6 Å². The molecule has 3 aromatic rings. The van der Waals surface area contributed by atoms with E-state index in [1.54, 1.807) is 12.1 Å². The van der Waals surface area contributed by atoms with Crippen molar-refractivity contribution in [1.29, 1.82) is 0 Å². The molecule has 30 heavy (non-hydrogen) atoms. The van der Waals surface area contributed by atoms with Crippen molar-refractivity contribution in [2.24, 2.45) is 0 Å². The van der Waals surface area contributed by atoms with Gasteiger partial charge in [0.15, 0.2) is 0 Å². The molecule has 0 spiro atoms. The molecular weight excluding hydrogens is 381 g/mol. The van der Waals surface area contributed by atoms with Crippen LogP contribution in [0.4, 0.5) is 10.1 Å². The minimum atomic E-state index is -0.390. The van der Waals surface area contributed by atoms with Gasteiger partial charge in [-0.3, -0.25) is 9.48 Å². The molecule has 1 amide bonds. The highest BCUT2D eigenvalue weighted by Gasteiger charge is 2.31. The molecule has 2 unspecified atom stereocenters. The molecule has 0 bridgehead atoms. The van der Waals surface area contributed by atoms with Crippen molar-refractivity contribution < 1.29 is 9.18 Å². The van der Waals surface area contributed by atoms with E-state index in [2.05, 4.69) is 40.3 Å². The van der Waals surface area contributed by atoms with Crippen LogP contribution in [0, 0.1) is 26.6 Å². The van der Waals surface area contributed by atoms with E-state index in [0.717, 1.165) is 22.6 Å². The summed E-state index contributed by atoms with van der Waals surface area (Å²) in [6, 6.07) is 14.1. The Labute approximate surface area is 175 Å². The van der Waals surface area contributed by atoms with Gasteiger partial charge in [0.2, 0.25) is 5.91 Å². The molecule has 0 aliphatic carbocycles. The lowest BCUT2D eigenvalue weighted by molar-refractivity contribution is -0.117. The fourth-order valence-corrected chi connectivity index (χ4v) is 3.83. The molecule has 0 radical (unpaired) electrons. The minimum absolute atomic E-state index is 0.0488. The van der Waals surface area contributed by atoms with E-state index in [4.69, 9.17) is 0 Å². The van der Waals surface area contributed by atoms with Crippen LogP contribution in [0.3, 0.4) is 0 Å². The van der Waals surface area contributed by atoms with Gasteiger partial charge in [-0.2, -0.15) is 5.10 Å². The molecule has 0 saturated carbocycles. The maximum absolute atomic E-state index is 13.2. The average Bonchev–Trinajstić information content (AvgIpc) is 3.32. The summed E-state index contributed by atoms with van der Waals surface area (Å²) >= 11 is 0. The van der Waals surface area contributed by atoms with Crippen LogP contribution in [0.2, 0.25) is 0 Å². The third-order valence-corrected chi connectivity index (χ3v) is 5.70. The summed E-state index contributed by atoms with van der Waals surface area (Å²) in [5.74, 6) is -0.388. The SMILES string of the molecule is Cc1ccccc1Cn1nc(C)c(NC(=O)C2CC(c3ccc(F)cc3)NN2)c1C. The summed E-state index contributed by atoms with van der Waals surface area (Å²) in [4.78, 5) is 12.9. The van der Waals surface area contributed by atoms with Crippen LogP contribution in [0.25, 0.3) is 0 Å². The van der Waals surface area contributed by atoms with Crippen LogP contribution < -0.4 is 16.2 Å². The molecule has 3 N–H and O–H groups in total. The number of aryl methyl sites for hydroxylation is 2. The fraction of sp³-hybridized carbons (Fsp3) is 0.304. The van der Waals surface area contributed by atoms with Gasteiger partial charge in [-0.15, -0.1) is 0 Å². The zero-order valence-electron chi connectivity index (χ0n) is 17.4. The number of carbonyl (C=O) groups is 1. The van der Waals surface area contributed by atoms with E-state index in [1.807, 2.05) is 30.7 Å². The third kappa shape index (κ3) is 4.13. The predicted octanol–water partition coefficient (Wildman–Crippen LogP) is 3.54. The van der Waals surface area contributed by atoms with Gasteiger partial charge in [-0.1, -0.05) is 36.4 Å². The number of nitrogens with one attached hydrogen (secondary N) is 3. The van der Waals surface area contributed by atoms with Crippen LogP contribution in [0.5, 0.6) is 0 Å². The van der Waals surface area contributed by atoms with Crippen LogP contribution >= 0.6 is 0 Å². The van der Waals surface area contributed by atoms with Gasteiger partial charge < -0.3 is 5.32 Å². The zero-order chi connectivity index (χ0) is 21.3. The summed E-state index contributed by atoms with van der Waals surface area (Å²) in [5, 5.41) is 7.67. The van der Waals surface area contributed by atoms with Gasteiger partial charge in [0.25, 0.3) is 0 Å². The highest BCUT2D eigenvalue weighted by molar-refractivity contribution is 5.96. The molecule has 1 aromatic heterocycles. The quantitative estimate of drug-likeness (QED) is 0.605. The zero-order valence-corrected chi connectivity index (χ0v) is 17.4. The molecule has 1 aliphatic heterocycles. The molecule has 1 saturated heterocycles. The van der Waals surface area contributed by atoms with E-state index in [0.29, 0.717) is 13.0 Å². The smallest absolute Gasteiger partial charge is 0.243 e. The summed E-state index contributed by atoms with van der Waals surface area (Å²) in [7, 11) is 0. The number of halogens is 1. The van der Waals surface area contributed by atoms with Crippen molar-refractivity contribution in [2.45, 2.75) is 45.8 Å². The number of benzene rings is 2. The highest BCUT2D eigenvalue weighted by Crippen LogP contribution is 2.25. The van der Waals surface area contributed by atoms with Crippen molar-refractivity contribution in [2.75, 3.05) is 5.32 Å². The predicted molar refractivity (Wildman–Crippen MR) is 114 cm³/mol. The minimum Gasteiger partial charge on any atom is -0.322 e. The van der Waals surface area contributed by atoms with Gasteiger partial charge in [-0.05, 0) is 56.0 Å². The van der Waals surface area contributed by atoms with Gasteiger partial charge >= 0.3 is 0 Å². The van der Waals surface area contributed by atoms with Gasteiger partial charge in [-0.25, -0.2) is 15.2 Å². The Kier molecular flexibility index (Phi) is 5.65. The largest absolute Gasteiger partial charge is 0.322 e. The van der Waals surface area contributed by atoms with Crippen molar-refractivity contribution in [3.63, 3.8) is 0 Å². The lowest BCUT2D eigenvalue weighted by atomic mass is 10.0. The maximum atomic E-state index is 13.2. The molecule has 6 nitrogen and oxygen atoms in total. The number of hydrazine groups is 1. The first-order chi connectivity index (χ1) is 14.4. The van der Waals surface area contributed by atoms with E-state index < -0.39 is 6.04 Å². The van der Waals surface area contributed by atoms with Crippen molar-refractivity contribution >= 4 is 11.6 Å². The Morgan fingerprint density at radius 3 is 2.60 bits per heavy atom. The Morgan fingerprint density at radius 1 is 1.13 bits per heavy atom. The van der Waals surface area contributed by atoms with Crippen molar-refractivity contribution in [3.05, 3.63) is 82.4 Å². The topological polar surface area (TPSA) is 71.0 Å². The Bertz CT molecular complexity index is 1060. The number of anilines is 1. The van der Waals surface area contributed by atoms with Gasteiger partial charge in [0.1, 0.15) is 11.9 Å². The normalized spacial score (nSPS) is 18.5. The molecule has 2 heterocycles. The van der Waals surface area contributed by atoms with Crippen LogP contribution in [0.1, 0.15) is 40.5 Å². The van der Waals surface area contributed by atoms with E-state index >= 15 is 0 Å². The second-order valence-corrected chi connectivity index (χ2v) is 7.80. The molecule has 4 rings (SSSR count). The summed E-state index contributed by atoms with van der Waals surface area (Å²) < 4.78 is 15.1. The lowest BCUT2D eigenvalue weighted by Gasteiger charge is -2.12. The number of carbonyl (C=O) groups excluding carboxylic acids is 1. The number of aromatic nitrogens is 2. The van der Waals surface area contributed by atoms with E-state index in [1.165, 1.54) is 23.3 Å². The Morgan fingerprint density at radius 2 is 1.87 bits per heavy atom. The number of rotatable bonds is 5. The van der Waals surface area contributed by atoms with E-state index in [9.17, 15) is 9.18 Å². The second-order valence-electron chi connectivity index (χ2n) is 7.80. The molecule has 2 aromatic carbocycles. The Hall–Kier alpha value is -3.03. The first-order valence-corrected chi connectivity index (χ1v) is 10.1. The van der Waals surface area contributed by atoms with E-state index in [-0.39, 0.29) is 17.8 Å². The fourth-order valence-electron chi connectivity index (χ4n) is 3.83. The number of hydrogen-bond donors (Lipinski definition) is 3. The molecule has 156 valence electrons. The van der Waals surface area contributed by atoms with Crippen LogP contribution in [-0.2, 0) is 11.3 Å². The maximum Gasteiger partial charge on any atom is 0.243 e. The number of amides is 1. The highest BCUT2D eigenvalue weighted by atomic mass is 19.1. The first kappa shape index (κ1) is 20.3. The molecular formula is C23H26FN5O. The number of nitrogens with zero attached hydrogens (tertiary/aromatic N) is 2. The summed E-state index contributed by atoms with van der Waals surface area (Å²) in [6.07, 6.45) is 0.576. The molecule has 1 aliphatic rings. The summed E-state index contributed by atoms with van der Waals surface area (Å²) in [5.41, 5.74) is 12.0. The lowest BCUT2D eigenvalue weighted by Crippen LogP contribution is -2.39. The second kappa shape index (κ2) is 8.38. The van der Waals surface area contributed by atoms with Gasteiger partial charge in [0, 0.05) is 6.04 Å². The monoisotopic (exact) mass is 407 g/mol. The van der Waals surface area contributed by atoms with Crippen LogP contribution in [0.15, 0.2) is 48.5 Å². The third-order valence-electron chi connectivity index (χ3n) is 5.70. The molecule has 2 atom stereocenters. The average molecular weight is 407 g/mol. The summed E-state index contributed by atoms with van der Waals surface area (Å²) in [6.45, 7) is 6.61. The molecule has 1 fully saturated rings. The van der Waals surface area contributed by atoms with Crippen molar-refractivity contribution in [1.82, 2.24) is 20.6 Å². The van der Waals surface area contributed by atoms with Crippen molar-refractivity contribution in [3.8, 4) is 0 Å². The van der Waals surface area contributed by atoms with Crippen LogP contribution in [-0.4, -0.2) is 21.7 Å². The Balaban J connectivity index is 1.44. The molecule has 7 heteroatoms. The first-order valence-electron chi connectivity index (χ1n) is 10.1. The standard InChI is InChI=1S/C23H26FN5O/c1-14-6-4-5-7-18(14)13-29-16(3)22(15(2)28-29)25-23(30)21-12-20(26-27-21)17-8-10-19(24)11-9-17/h4-11,20-21,26-27H,12-13H2,1-3H3,(H,25,30).